The summed E-state index contributed by atoms with van der Waals surface area (Å²) in [5.41, 5.74) is 3.32. The van der Waals surface area contributed by atoms with Crippen LogP contribution in [0.4, 0.5) is 17.3 Å². The van der Waals surface area contributed by atoms with Crippen LogP contribution in [0.2, 0.25) is 0 Å². The Morgan fingerprint density at radius 2 is 1.82 bits per heavy atom. The number of methoxy groups -OCH3 is 1. The Morgan fingerprint density at radius 3 is 2.50 bits per heavy atom. The average Bonchev–Trinajstić information content (AvgIpc) is 2.90. The van der Waals surface area contributed by atoms with E-state index in [4.69, 9.17) is 9.72 Å². The lowest BCUT2D eigenvalue weighted by atomic mass is 9.90. The zero-order chi connectivity index (χ0) is 26.8. The molecule has 202 valence electrons. The minimum atomic E-state index is -0.0586. The van der Waals surface area contributed by atoms with Crippen molar-refractivity contribution in [1.29, 1.82) is 0 Å². The molecule has 0 radical (unpaired) electrons. The van der Waals surface area contributed by atoms with Gasteiger partial charge >= 0.3 is 0 Å². The number of hydrogen-bond acceptors (Lipinski definition) is 8. The topological polar surface area (TPSA) is 105 Å². The molecule has 3 aromatic rings. The number of aryl methyl sites for hydroxylation is 1. The third kappa shape index (κ3) is 5.45. The van der Waals surface area contributed by atoms with Crippen LogP contribution in [0.5, 0.6) is 5.75 Å². The van der Waals surface area contributed by atoms with Crippen LogP contribution < -0.4 is 25.8 Å². The van der Waals surface area contributed by atoms with Crippen molar-refractivity contribution >= 4 is 34.3 Å². The summed E-state index contributed by atoms with van der Waals surface area (Å²) < 4.78 is 7.52. The van der Waals surface area contributed by atoms with Crippen molar-refractivity contribution in [1.82, 2.24) is 24.8 Å². The van der Waals surface area contributed by atoms with E-state index >= 15 is 0 Å². The molecule has 2 N–H and O–H groups in total. The fourth-order valence-corrected chi connectivity index (χ4v) is 5.62. The number of likely N-dealkylation sites (N-methyl/N-ethyl adjacent to an activating group) is 1. The minimum absolute atomic E-state index is 0.0122. The van der Waals surface area contributed by atoms with Crippen LogP contribution in [-0.2, 0) is 4.79 Å². The summed E-state index contributed by atoms with van der Waals surface area (Å²) in [7, 11) is 3.81. The summed E-state index contributed by atoms with van der Waals surface area (Å²) >= 11 is 0. The summed E-state index contributed by atoms with van der Waals surface area (Å²) in [4.78, 5) is 38.7. The third-order valence-corrected chi connectivity index (χ3v) is 7.77. The summed E-state index contributed by atoms with van der Waals surface area (Å²) in [6.45, 7) is 7.48. The SMILES string of the molecule is COc1cc(N2CCN(C)CC2)ccc1Nc1ncc2c(C)cc(=O)n(C3CCC(NC(C)=O)CC3)c2n1. The maximum atomic E-state index is 13.2. The van der Waals surface area contributed by atoms with Crippen molar-refractivity contribution in [2.45, 2.75) is 51.6 Å². The molecule has 2 aliphatic rings. The van der Waals surface area contributed by atoms with Gasteiger partial charge in [-0.25, -0.2) is 4.98 Å². The van der Waals surface area contributed by atoms with Gasteiger partial charge in [-0.15, -0.1) is 0 Å². The molecule has 2 fully saturated rings. The summed E-state index contributed by atoms with van der Waals surface area (Å²) in [5.74, 6) is 1.11. The summed E-state index contributed by atoms with van der Waals surface area (Å²) in [6.07, 6.45) is 5.05. The normalized spacial score (nSPS) is 20.4. The van der Waals surface area contributed by atoms with Gasteiger partial charge in [0.15, 0.2) is 0 Å². The van der Waals surface area contributed by atoms with E-state index in [-0.39, 0.29) is 23.6 Å². The van der Waals surface area contributed by atoms with Crippen LogP contribution in [0.3, 0.4) is 0 Å². The van der Waals surface area contributed by atoms with E-state index < -0.39 is 0 Å². The molecule has 3 heterocycles. The second-order valence-corrected chi connectivity index (χ2v) is 10.5. The molecule has 1 saturated carbocycles. The minimum Gasteiger partial charge on any atom is -0.494 e. The van der Waals surface area contributed by atoms with Crippen molar-refractivity contribution in [2.75, 3.05) is 50.6 Å². The first-order chi connectivity index (χ1) is 18.3. The van der Waals surface area contributed by atoms with Crippen LogP contribution in [0.15, 0.2) is 35.3 Å². The number of benzene rings is 1. The Bertz CT molecular complexity index is 1370. The van der Waals surface area contributed by atoms with E-state index in [1.54, 1.807) is 26.3 Å². The summed E-state index contributed by atoms with van der Waals surface area (Å²) in [5, 5.41) is 7.18. The number of nitrogens with one attached hydrogen (secondary N) is 2. The molecule has 1 saturated heterocycles. The van der Waals surface area contributed by atoms with Crippen molar-refractivity contribution < 1.29 is 9.53 Å². The van der Waals surface area contributed by atoms with Gasteiger partial charge in [-0.3, -0.25) is 14.2 Å². The molecule has 5 rings (SSSR count). The zero-order valence-corrected chi connectivity index (χ0v) is 22.7. The Balaban J connectivity index is 1.42. The number of rotatable bonds is 6. The van der Waals surface area contributed by atoms with E-state index in [0.717, 1.165) is 74.2 Å². The first kappa shape index (κ1) is 26.0. The highest BCUT2D eigenvalue weighted by atomic mass is 16.5. The number of hydrogen-bond donors (Lipinski definition) is 2. The number of nitrogens with zero attached hydrogens (tertiary/aromatic N) is 5. The lowest BCUT2D eigenvalue weighted by molar-refractivity contribution is -0.119. The van der Waals surface area contributed by atoms with Gasteiger partial charge in [0.2, 0.25) is 11.9 Å². The molecule has 1 aliphatic carbocycles. The molecule has 0 spiro atoms. The molecule has 0 atom stereocenters. The van der Waals surface area contributed by atoms with Crippen LogP contribution in [0.25, 0.3) is 11.0 Å². The van der Waals surface area contributed by atoms with Gasteiger partial charge in [-0.05, 0) is 57.4 Å². The zero-order valence-electron chi connectivity index (χ0n) is 22.7. The molecule has 2 aromatic heterocycles. The first-order valence-electron chi connectivity index (χ1n) is 13.4. The predicted molar refractivity (Wildman–Crippen MR) is 150 cm³/mol. The van der Waals surface area contributed by atoms with Gasteiger partial charge in [0.25, 0.3) is 5.56 Å². The highest BCUT2D eigenvalue weighted by Gasteiger charge is 2.26. The Labute approximate surface area is 223 Å². The molecule has 10 heteroatoms. The largest absolute Gasteiger partial charge is 0.494 e. The third-order valence-electron chi connectivity index (χ3n) is 7.77. The van der Waals surface area contributed by atoms with Gasteiger partial charge in [-0.1, -0.05) is 0 Å². The van der Waals surface area contributed by atoms with Gasteiger partial charge in [-0.2, -0.15) is 4.98 Å². The predicted octanol–water partition coefficient (Wildman–Crippen LogP) is 3.22. The molecular formula is C28H37N7O3. The lowest BCUT2D eigenvalue weighted by Gasteiger charge is -2.34. The molecule has 1 aromatic carbocycles. The summed E-state index contributed by atoms with van der Waals surface area (Å²) in [6, 6.07) is 7.97. The first-order valence-corrected chi connectivity index (χ1v) is 13.4. The van der Waals surface area contributed by atoms with Crippen LogP contribution in [-0.4, -0.2) is 71.7 Å². The highest BCUT2D eigenvalue weighted by molar-refractivity contribution is 5.80. The van der Waals surface area contributed by atoms with E-state index in [2.05, 4.69) is 38.5 Å². The smallest absolute Gasteiger partial charge is 0.252 e. The van der Waals surface area contributed by atoms with Crippen molar-refractivity contribution in [2.24, 2.45) is 0 Å². The second kappa shape index (κ2) is 11.0. The highest BCUT2D eigenvalue weighted by Crippen LogP contribution is 2.33. The molecule has 0 unspecified atom stereocenters. The van der Waals surface area contributed by atoms with Crippen LogP contribution in [0, 0.1) is 6.92 Å². The molecule has 1 aliphatic heterocycles. The van der Waals surface area contributed by atoms with Crippen molar-refractivity contribution in [3.05, 3.63) is 46.4 Å². The van der Waals surface area contributed by atoms with Gasteiger partial charge in [0.1, 0.15) is 11.4 Å². The number of aromatic nitrogens is 3. The Morgan fingerprint density at radius 1 is 1.08 bits per heavy atom. The lowest BCUT2D eigenvalue weighted by Crippen LogP contribution is -2.44. The molecule has 0 bridgehead atoms. The fourth-order valence-electron chi connectivity index (χ4n) is 5.62. The van der Waals surface area contributed by atoms with Gasteiger partial charge < -0.3 is 25.2 Å². The number of piperazine rings is 1. The number of pyridine rings is 1. The molecular weight excluding hydrogens is 482 g/mol. The Hall–Kier alpha value is -3.66. The van der Waals surface area contributed by atoms with Gasteiger partial charge in [0.05, 0.1) is 12.8 Å². The van der Waals surface area contributed by atoms with Gasteiger partial charge in [0, 0.05) is 74.6 Å². The number of amides is 1. The maximum Gasteiger partial charge on any atom is 0.252 e. The fraction of sp³-hybridized carbons (Fsp3) is 0.500. The average molecular weight is 520 g/mol. The number of ether oxygens (including phenoxy) is 1. The van der Waals surface area contributed by atoms with Crippen molar-refractivity contribution in [3.63, 3.8) is 0 Å². The number of carbonyl (C=O) groups is 1. The standard InChI is InChI=1S/C28H37N7O3/c1-18-15-26(37)35(21-7-5-20(6-8-21)30-19(2)36)27-23(18)17-29-28(32-27)31-24-10-9-22(16-25(24)38-4)34-13-11-33(3)12-14-34/h9-10,15-17,20-21H,5-8,11-14H2,1-4H3,(H,30,36)(H,29,31,32). The molecule has 1 amide bonds. The quantitative estimate of drug-likeness (QED) is 0.512. The van der Waals surface area contributed by atoms with E-state index in [1.807, 2.05) is 23.6 Å². The Kier molecular flexibility index (Phi) is 7.51. The van der Waals surface area contributed by atoms with E-state index in [1.165, 1.54) is 0 Å². The molecule has 38 heavy (non-hydrogen) atoms. The van der Waals surface area contributed by atoms with E-state index in [0.29, 0.717) is 17.3 Å². The monoisotopic (exact) mass is 519 g/mol. The number of anilines is 3. The van der Waals surface area contributed by atoms with Crippen molar-refractivity contribution in [3.8, 4) is 5.75 Å². The van der Waals surface area contributed by atoms with Crippen LogP contribution in [0.1, 0.15) is 44.2 Å². The second-order valence-electron chi connectivity index (χ2n) is 10.5. The maximum absolute atomic E-state index is 13.2. The number of carbonyl (C=O) groups excluding carboxylic acids is 1. The van der Waals surface area contributed by atoms with E-state index in [9.17, 15) is 9.59 Å². The van der Waals surface area contributed by atoms with Crippen LogP contribution >= 0.6 is 0 Å². The molecule has 10 nitrogen and oxygen atoms in total. The number of fused-ring (bicyclic) bond motifs is 1.